The lowest BCUT2D eigenvalue weighted by molar-refractivity contribution is 0.242. The van der Waals surface area contributed by atoms with Crippen molar-refractivity contribution in [2.24, 2.45) is 5.73 Å². The zero-order valence-corrected chi connectivity index (χ0v) is 11.8. The molecule has 100 valence electrons. The van der Waals surface area contributed by atoms with Gasteiger partial charge in [-0.15, -0.1) is 0 Å². The van der Waals surface area contributed by atoms with E-state index in [9.17, 15) is 0 Å². The summed E-state index contributed by atoms with van der Waals surface area (Å²) in [4.78, 5) is 2.26. The van der Waals surface area contributed by atoms with Gasteiger partial charge in [-0.05, 0) is 30.3 Å². The Kier molecular flexibility index (Phi) is 4.97. The third kappa shape index (κ3) is 3.80. The molecule has 2 N–H and O–H groups in total. The topological polar surface area (TPSA) is 29.3 Å². The van der Waals surface area contributed by atoms with Crippen molar-refractivity contribution in [2.75, 3.05) is 13.6 Å². The van der Waals surface area contributed by atoms with E-state index in [-0.39, 0.29) is 6.04 Å². The Morgan fingerprint density at radius 2 is 1.68 bits per heavy atom. The first kappa shape index (κ1) is 14.1. The average Bonchev–Trinajstić information content (AvgIpc) is 2.43. The summed E-state index contributed by atoms with van der Waals surface area (Å²) in [6.07, 6.45) is 0. The summed E-state index contributed by atoms with van der Waals surface area (Å²) in [5.41, 5.74) is 8.41. The first-order valence-corrected chi connectivity index (χ1v) is 6.78. The molecule has 0 fully saturated rings. The molecule has 0 aromatic heterocycles. The Hall–Kier alpha value is -1.35. The Balaban J connectivity index is 2.11. The van der Waals surface area contributed by atoms with E-state index < -0.39 is 0 Å². The van der Waals surface area contributed by atoms with Gasteiger partial charge in [-0.25, -0.2) is 0 Å². The number of halogens is 1. The molecule has 2 aromatic rings. The lowest BCUT2D eigenvalue weighted by atomic mass is 10.1. The number of benzene rings is 2. The molecule has 0 aliphatic rings. The first-order valence-electron chi connectivity index (χ1n) is 6.40. The number of likely N-dealkylation sites (N-methyl/N-ethyl adjacent to an activating group) is 1. The van der Waals surface area contributed by atoms with Crippen LogP contribution in [0, 0.1) is 0 Å². The minimum atomic E-state index is 0.206. The van der Waals surface area contributed by atoms with Crippen LogP contribution in [0.25, 0.3) is 0 Å². The summed E-state index contributed by atoms with van der Waals surface area (Å²) in [7, 11) is 2.10. The highest BCUT2D eigenvalue weighted by molar-refractivity contribution is 6.30. The van der Waals surface area contributed by atoms with Gasteiger partial charge >= 0.3 is 0 Å². The van der Waals surface area contributed by atoms with Gasteiger partial charge in [-0.3, -0.25) is 4.90 Å². The number of hydrogen-bond acceptors (Lipinski definition) is 2. The van der Waals surface area contributed by atoms with E-state index in [2.05, 4.69) is 36.2 Å². The van der Waals surface area contributed by atoms with Crippen molar-refractivity contribution in [3.8, 4) is 0 Å². The maximum Gasteiger partial charge on any atom is 0.0470 e. The molecule has 0 spiro atoms. The molecule has 0 bridgehead atoms. The second-order valence-electron chi connectivity index (χ2n) is 4.70. The summed E-state index contributed by atoms with van der Waals surface area (Å²) < 4.78 is 0. The number of rotatable bonds is 5. The molecule has 0 saturated heterocycles. The van der Waals surface area contributed by atoms with Crippen molar-refractivity contribution in [1.29, 1.82) is 0 Å². The average molecular weight is 275 g/mol. The van der Waals surface area contributed by atoms with Gasteiger partial charge in [-0.2, -0.15) is 0 Å². The van der Waals surface area contributed by atoms with E-state index >= 15 is 0 Å². The SMILES string of the molecule is CN(Cc1ccccc1)C(CN)c1ccc(Cl)cc1. The van der Waals surface area contributed by atoms with Gasteiger partial charge in [0.25, 0.3) is 0 Å². The number of nitrogens with two attached hydrogens (primary N) is 1. The Morgan fingerprint density at radius 3 is 2.26 bits per heavy atom. The summed E-state index contributed by atoms with van der Waals surface area (Å²) in [5.74, 6) is 0. The highest BCUT2D eigenvalue weighted by Gasteiger charge is 2.15. The molecule has 0 amide bonds. The minimum absolute atomic E-state index is 0.206. The normalized spacial score (nSPS) is 12.6. The smallest absolute Gasteiger partial charge is 0.0470 e. The van der Waals surface area contributed by atoms with Gasteiger partial charge in [0.1, 0.15) is 0 Å². The van der Waals surface area contributed by atoms with Crippen LogP contribution in [0.1, 0.15) is 17.2 Å². The molecule has 0 radical (unpaired) electrons. The van der Waals surface area contributed by atoms with Crippen molar-refractivity contribution in [1.82, 2.24) is 4.90 Å². The second-order valence-corrected chi connectivity index (χ2v) is 5.14. The summed E-state index contributed by atoms with van der Waals surface area (Å²) in [5, 5.41) is 0.755. The summed E-state index contributed by atoms with van der Waals surface area (Å²) in [6.45, 7) is 1.47. The molecule has 19 heavy (non-hydrogen) atoms. The van der Waals surface area contributed by atoms with Gasteiger partial charge in [0.15, 0.2) is 0 Å². The van der Waals surface area contributed by atoms with Gasteiger partial charge in [0.05, 0.1) is 0 Å². The van der Waals surface area contributed by atoms with E-state index in [4.69, 9.17) is 17.3 Å². The molecule has 1 atom stereocenters. The largest absolute Gasteiger partial charge is 0.329 e. The molecule has 1 unspecified atom stereocenters. The third-order valence-corrected chi connectivity index (χ3v) is 3.54. The molecule has 2 nitrogen and oxygen atoms in total. The van der Waals surface area contributed by atoms with Crippen LogP contribution in [0.2, 0.25) is 5.02 Å². The van der Waals surface area contributed by atoms with E-state index in [1.807, 2.05) is 30.3 Å². The van der Waals surface area contributed by atoms with Gasteiger partial charge in [0, 0.05) is 24.2 Å². The molecule has 3 heteroatoms. The molecule has 0 saturated carbocycles. The maximum atomic E-state index is 5.92. The molecule has 0 heterocycles. The van der Waals surface area contributed by atoms with Crippen LogP contribution in [-0.2, 0) is 6.54 Å². The minimum Gasteiger partial charge on any atom is -0.329 e. The highest BCUT2D eigenvalue weighted by Crippen LogP contribution is 2.22. The molecular formula is C16H19ClN2. The van der Waals surface area contributed by atoms with E-state index in [1.165, 1.54) is 11.1 Å². The van der Waals surface area contributed by atoms with Crippen molar-refractivity contribution in [2.45, 2.75) is 12.6 Å². The number of nitrogens with zero attached hydrogens (tertiary/aromatic N) is 1. The zero-order chi connectivity index (χ0) is 13.7. The lowest BCUT2D eigenvalue weighted by Gasteiger charge is -2.27. The molecule has 2 aromatic carbocycles. The zero-order valence-electron chi connectivity index (χ0n) is 11.1. The Labute approximate surface area is 119 Å². The second kappa shape index (κ2) is 6.71. The van der Waals surface area contributed by atoms with Crippen LogP contribution in [0.5, 0.6) is 0 Å². The maximum absolute atomic E-state index is 5.92. The fourth-order valence-corrected chi connectivity index (χ4v) is 2.36. The predicted octanol–water partition coefficient (Wildman–Crippen LogP) is 3.47. The van der Waals surface area contributed by atoms with Gasteiger partial charge in [0.2, 0.25) is 0 Å². The van der Waals surface area contributed by atoms with Gasteiger partial charge in [-0.1, -0.05) is 54.1 Å². The monoisotopic (exact) mass is 274 g/mol. The molecule has 0 aliphatic carbocycles. The van der Waals surface area contributed by atoms with Crippen molar-refractivity contribution >= 4 is 11.6 Å². The van der Waals surface area contributed by atoms with Crippen LogP contribution in [0.3, 0.4) is 0 Å². The van der Waals surface area contributed by atoms with E-state index in [0.717, 1.165) is 11.6 Å². The predicted molar refractivity (Wildman–Crippen MR) is 81.2 cm³/mol. The van der Waals surface area contributed by atoms with E-state index in [0.29, 0.717) is 6.54 Å². The highest BCUT2D eigenvalue weighted by atomic mass is 35.5. The fourth-order valence-electron chi connectivity index (χ4n) is 2.24. The summed E-state index contributed by atoms with van der Waals surface area (Å²) in [6, 6.07) is 18.5. The van der Waals surface area contributed by atoms with Crippen molar-refractivity contribution < 1.29 is 0 Å². The van der Waals surface area contributed by atoms with Crippen LogP contribution in [0.4, 0.5) is 0 Å². The molecule has 0 aliphatic heterocycles. The number of hydrogen-bond donors (Lipinski definition) is 1. The van der Waals surface area contributed by atoms with Gasteiger partial charge < -0.3 is 5.73 Å². The van der Waals surface area contributed by atoms with Crippen LogP contribution in [-0.4, -0.2) is 18.5 Å². The quantitative estimate of drug-likeness (QED) is 0.905. The Bertz CT molecular complexity index is 496. The molecule has 2 rings (SSSR count). The van der Waals surface area contributed by atoms with Crippen LogP contribution in [0.15, 0.2) is 54.6 Å². The fraction of sp³-hybridized carbons (Fsp3) is 0.250. The van der Waals surface area contributed by atoms with E-state index in [1.54, 1.807) is 0 Å². The lowest BCUT2D eigenvalue weighted by Crippen LogP contribution is -2.30. The third-order valence-electron chi connectivity index (χ3n) is 3.28. The molecular weight excluding hydrogens is 256 g/mol. The van der Waals surface area contributed by atoms with Crippen LogP contribution >= 0.6 is 11.6 Å². The first-order chi connectivity index (χ1) is 9.20. The van der Waals surface area contributed by atoms with Crippen LogP contribution < -0.4 is 5.73 Å². The summed E-state index contributed by atoms with van der Waals surface area (Å²) >= 11 is 5.92. The van der Waals surface area contributed by atoms with Crippen molar-refractivity contribution in [3.05, 3.63) is 70.7 Å². The Morgan fingerprint density at radius 1 is 1.05 bits per heavy atom. The standard InChI is InChI=1S/C16H19ClN2/c1-19(12-13-5-3-2-4-6-13)16(11-18)14-7-9-15(17)10-8-14/h2-10,16H,11-12,18H2,1H3. The van der Waals surface area contributed by atoms with Crippen molar-refractivity contribution in [3.63, 3.8) is 0 Å².